The molecule has 0 amide bonds. The summed E-state index contributed by atoms with van der Waals surface area (Å²) in [4.78, 5) is 12.6. The molecule has 5 rings (SSSR count). The Balaban J connectivity index is 1.70. The maximum atomic E-state index is 12.6. The van der Waals surface area contributed by atoms with Gasteiger partial charge in [-0.1, -0.05) is 45.3 Å². The van der Waals surface area contributed by atoms with Gasteiger partial charge >= 0.3 is 5.97 Å². The van der Waals surface area contributed by atoms with E-state index >= 15 is 0 Å². The number of rotatable bonds is 1. The van der Waals surface area contributed by atoms with Crippen LogP contribution >= 0.6 is 0 Å². The van der Waals surface area contributed by atoms with Crippen molar-refractivity contribution in [2.24, 2.45) is 39.4 Å². The van der Waals surface area contributed by atoms with Crippen molar-refractivity contribution < 1.29 is 14.6 Å². The van der Waals surface area contributed by atoms with E-state index in [0.29, 0.717) is 5.41 Å². The third-order valence-electron chi connectivity index (χ3n) is 10.5. The van der Waals surface area contributed by atoms with Crippen molar-refractivity contribution in [1.82, 2.24) is 0 Å². The van der Waals surface area contributed by atoms with Crippen LogP contribution < -0.4 is 0 Å². The van der Waals surface area contributed by atoms with Crippen LogP contribution in [-0.2, 0) is 9.53 Å². The molecular weight excluding hydrogens is 348 g/mol. The Morgan fingerprint density at radius 2 is 1.86 bits per heavy atom. The summed E-state index contributed by atoms with van der Waals surface area (Å²) in [5, 5.41) is 10.4. The highest BCUT2D eigenvalue weighted by Crippen LogP contribution is 2.71. The van der Waals surface area contributed by atoms with Crippen LogP contribution in [0.4, 0.5) is 0 Å². The molecule has 3 heteroatoms. The normalized spacial score (nSPS) is 53.1. The van der Waals surface area contributed by atoms with Crippen molar-refractivity contribution in [2.45, 2.75) is 85.5 Å². The molecule has 156 valence electrons. The Bertz CT molecular complexity index is 726. The predicted molar refractivity (Wildman–Crippen MR) is 110 cm³/mol. The number of fused-ring (bicyclic) bond motifs is 2. The smallest absolute Gasteiger partial charge is 0.307 e. The number of allylic oxidation sites excluding steroid dienone is 1. The summed E-state index contributed by atoms with van der Waals surface area (Å²) in [6, 6.07) is 0. The highest BCUT2D eigenvalue weighted by Gasteiger charge is 2.66. The summed E-state index contributed by atoms with van der Waals surface area (Å²) in [5.41, 5.74) is 3.74. The van der Waals surface area contributed by atoms with Gasteiger partial charge in [0.05, 0.1) is 19.1 Å². The topological polar surface area (TPSA) is 46.5 Å². The van der Waals surface area contributed by atoms with Gasteiger partial charge in [0.2, 0.25) is 0 Å². The highest BCUT2D eigenvalue weighted by atomic mass is 16.5. The zero-order valence-electron chi connectivity index (χ0n) is 18.3. The fourth-order valence-corrected chi connectivity index (χ4v) is 9.05. The lowest BCUT2D eigenvalue weighted by molar-refractivity contribution is -0.191. The van der Waals surface area contributed by atoms with Crippen LogP contribution in [0, 0.1) is 39.4 Å². The maximum Gasteiger partial charge on any atom is 0.307 e. The number of carboxylic acids is 1. The van der Waals surface area contributed by atoms with Gasteiger partial charge in [-0.2, -0.15) is 0 Å². The van der Waals surface area contributed by atoms with E-state index in [1.165, 1.54) is 38.5 Å². The van der Waals surface area contributed by atoms with Crippen LogP contribution in [-0.4, -0.2) is 24.3 Å². The lowest BCUT2D eigenvalue weighted by Gasteiger charge is -2.67. The Morgan fingerprint density at radius 3 is 2.61 bits per heavy atom. The van der Waals surface area contributed by atoms with Crippen LogP contribution in [0.5, 0.6) is 0 Å². The third-order valence-corrected chi connectivity index (χ3v) is 10.5. The third kappa shape index (κ3) is 2.23. The van der Waals surface area contributed by atoms with Gasteiger partial charge in [-0.25, -0.2) is 0 Å². The van der Waals surface area contributed by atoms with Gasteiger partial charge in [-0.05, 0) is 79.4 Å². The molecule has 1 saturated heterocycles. The van der Waals surface area contributed by atoms with E-state index in [2.05, 4.69) is 27.7 Å². The molecule has 28 heavy (non-hydrogen) atoms. The first-order valence-corrected chi connectivity index (χ1v) is 11.7. The number of hydrogen-bond acceptors (Lipinski definition) is 2. The van der Waals surface area contributed by atoms with Crippen LogP contribution in [0.3, 0.4) is 0 Å². The summed E-state index contributed by atoms with van der Waals surface area (Å²) in [5.74, 6) is 0.262. The minimum Gasteiger partial charge on any atom is -0.481 e. The molecule has 1 heterocycles. The first kappa shape index (κ1) is 19.2. The fourth-order valence-electron chi connectivity index (χ4n) is 9.05. The molecular formula is C25H38O3. The molecule has 2 bridgehead atoms. The summed E-state index contributed by atoms with van der Waals surface area (Å²) >= 11 is 0. The van der Waals surface area contributed by atoms with Crippen molar-refractivity contribution in [1.29, 1.82) is 0 Å². The molecule has 3 fully saturated rings. The molecule has 0 aromatic carbocycles. The predicted octanol–water partition coefficient (Wildman–Crippen LogP) is 5.84. The Labute approximate surface area is 170 Å². The molecule has 0 spiro atoms. The largest absolute Gasteiger partial charge is 0.481 e. The van der Waals surface area contributed by atoms with Crippen molar-refractivity contribution >= 4 is 5.97 Å². The summed E-state index contributed by atoms with van der Waals surface area (Å²) in [7, 11) is 0. The number of carbonyl (C=O) groups is 1. The average Bonchev–Trinajstić information content (AvgIpc) is 2.61. The van der Waals surface area contributed by atoms with Crippen LogP contribution in [0.2, 0.25) is 0 Å². The van der Waals surface area contributed by atoms with E-state index < -0.39 is 5.97 Å². The quantitative estimate of drug-likeness (QED) is 0.576. The van der Waals surface area contributed by atoms with E-state index in [0.717, 1.165) is 38.4 Å². The molecule has 7 unspecified atom stereocenters. The van der Waals surface area contributed by atoms with E-state index in [1.807, 2.05) is 0 Å². The van der Waals surface area contributed by atoms with Crippen LogP contribution in [0.15, 0.2) is 11.1 Å². The lowest BCUT2D eigenvalue weighted by atomic mass is 9.39. The van der Waals surface area contributed by atoms with Crippen molar-refractivity contribution in [3.8, 4) is 0 Å². The van der Waals surface area contributed by atoms with Gasteiger partial charge < -0.3 is 9.84 Å². The van der Waals surface area contributed by atoms with Gasteiger partial charge in [0.1, 0.15) is 0 Å². The standard InChI is InChI=1S/C25H38O3/c1-16-6-11-24(4)19-12-17(21(26)27)20-22(2)8-5-9-25(20,15-28-14-22)18(19)7-10-23(24,3)13-16/h16-17,20H,5-15H2,1-4H3,(H,26,27). The molecule has 0 radical (unpaired) electrons. The molecule has 1 N–H and O–H groups in total. The Hall–Kier alpha value is -0.830. The van der Waals surface area contributed by atoms with Gasteiger partial charge in [-0.3, -0.25) is 4.79 Å². The monoisotopic (exact) mass is 386 g/mol. The summed E-state index contributed by atoms with van der Waals surface area (Å²) in [6.45, 7) is 11.2. The molecule has 1 aliphatic heterocycles. The first-order chi connectivity index (χ1) is 13.2. The average molecular weight is 387 g/mol. The second kappa shape index (κ2) is 5.86. The molecule has 2 saturated carbocycles. The zero-order valence-corrected chi connectivity index (χ0v) is 18.3. The maximum absolute atomic E-state index is 12.6. The Kier molecular flexibility index (Phi) is 4.01. The molecule has 7 atom stereocenters. The Morgan fingerprint density at radius 1 is 1.07 bits per heavy atom. The van der Waals surface area contributed by atoms with Crippen LogP contribution in [0.1, 0.15) is 85.5 Å². The number of aliphatic carboxylic acids is 1. The fraction of sp³-hybridized carbons (Fsp3) is 0.880. The van der Waals surface area contributed by atoms with Crippen molar-refractivity contribution in [3.05, 3.63) is 11.1 Å². The molecule has 0 aromatic heterocycles. The van der Waals surface area contributed by atoms with E-state index in [9.17, 15) is 9.90 Å². The van der Waals surface area contributed by atoms with E-state index in [1.54, 1.807) is 11.1 Å². The van der Waals surface area contributed by atoms with E-state index in [4.69, 9.17) is 4.74 Å². The SMILES string of the molecule is CC1CCC2(C)C3=C(CCC2(C)C1)C12CCCC(C)(COC1)C2C(C(=O)O)C3. The molecule has 3 nitrogen and oxygen atoms in total. The molecule has 4 aliphatic carbocycles. The van der Waals surface area contributed by atoms with Crippen LogP contribution in [0.25, 0.3) is 0 Å². The van der Waals surface area contributed by atoms with Gasteiger partial charge in [-0.15, -0.1) is 0 Å². The first-order valence-electron chi connectivity index (χ1n) is 11.7. The number of hydrogen-bond donors (Lipinski definition) is 1. The van der Waals surface area contributed by atoms with Crippen molar-refractivity contribution in [2.75, 3.05) is 13.2 Å². The second-order valence-electron chi connectivity index (χ2n) is 12.0. The molecule has 0 aromatic rings. The minimum absolute atomic E-state index is 0.00467. The minimum atomic E-state index is -0.559. The van der Waals surface area contributed by atoms with Gasteiger partial charge in [0.25, 0.3) is 0 Å². The van der Waals surface area contributed by atoms with Gasteiger partial charge in [0, 0.05) is 5.41 Å². The second-order valence-corrected chi connectivity index (χ2v) is 12.0. The zero-order chi connectivity index (χ0) is 19.9. The number of ether oxygens (including phenoxy) is 1. The highest BCUT2D eigenvalue weighted by molar-refractivity contribution is 5.72. The number of carboxylic acid groups (broad SMARTS) is 1. The molecule has 5 aliphatic rings. The summed E-state index contributed by atoms with van der Waals surface area (Å²) in [6.07, 6.45) is 10.5. The summed E-state index contributed by atoms with van der Waals surface area (Å²) < 4.78 is 6.26. The van der Waals surface area contributed by atoms with Gasteiger partial charge in [0.15, 0.2) is 0 Å². The van der Waals surface area contributed by atoms with Crippen molar-refractivity contribution in [3.63, 3.8) is 0 Å². The lowest BCUT2D eigenvalue weighted by Crippen LogP contribution is -2.62. The van der Waals surface area contributed by atoms with E-state index in [-0.39, 0.29) is 28.1 Å².